The van der Waals surface area contributed by atoms with Gasteiger partial charge < -0.3 is 19.6 Å². The molecule has 1 amide bonds. The Morgan fingerprint density at radius 1 is 1.19 bits per heavy atom. The van der Waals surface area contributed by atoms with Crippen molar-refractivity contribution >= 4 is 16.8 Å². The van der Waals surface area contributed by atoms with Crippen molar-refractivity contribution in [1.82, 2.24) is 19.9 Å². The van der Waals surface area contributed by atoms with Gasteiger partial charge in [-0.05, 0) is 49.7 Å². The first-order valence-electron chi connectivity index (χ1n) is 9.96. The molecule has 7 heteroatoms. The molecule has 4 rings (SSSR count). The predicted octanol–water partition coefficient (Wildman–Crippen LogP) is 3.48. The summed E-state index contributed by atoms with van der Waals surface area (Å²) in [4.78, 5) is 32.9. The average Bonchev–Trinajstić information content (AvgIpc) is 3.13. The van der Waals surface area contributed by atoms with E-state index in [-0.39, 0.29) is 18.0 Å². The van der Waals surface area contributed by atoms with Crippen LogP contribution in [0.25, 0.3) is 22.2 Å². The number of aromatic nitrogens is 3. The molecule has 0 saturated carbocycles. The van der Waals surface area contributed by atoms with Crippen LogP contribution in [0.3, 0.4) is 0 Å². The van der Waals surface area contributed by atoms with Crippen LogP contribution in [0, 0.1) is 13.8 Å². The standard InChI is InChI=1S/C24H24N4O3/c1-14-11-15(2)26-23(29)18(14)13-25-24(30)22-17-9-10-28(3)20(17)12-19(27-22)16-7-5-6-8-21(16)31-4/h5-12H,13H2,1-4H3,(H,25,30)(H,26,29). The summed E-state index contributed by atoms with van der Waals surface area (Å²) in [6.07, 6.45) is 1.89. The molecule has 158 valence electrons. The van der Waals surface area contributed by atoms with Crippen molar-refractivity contribution in [3.8, 4) is 17.0 Å². The third-order valence-corrected chi connectivity index (χ3v) is 5.40. The topological polar surface area (TPSA) is 89.0 Å². The summed E-state index contributed by atoms with van der Waals surface area (Å²) in [7, 11) is 3.53. The Morgan fingerprint density at radius 3 is 2.71 bits per heavy atom. The highest BCUT2D eigenvalue weighted by atomic mass is 16.5. The van der Waals surface area contributed by atoms with Crippen LogP contribution in [0.5, 0.6) is 5.75 Å². The van der Waals surface area contributed by atoms with Gasteiger partial charge in [0.25, 0.3) is 11.5 Å². The molecule has 2 N–H and O–H groups in total. The highest BCUT2D eigenvalue weighted by Gasteiger charge is 2.18. The van der Waals surface area contributed by atoms with Gasteiger partial charge in [-0.15, -0.1) is 0 Å². The lowest BCUT2D eigenvalue weighted by molar-refractivity contribution is 0.0947. The molecular formula is C24H24N4O3. The van der Waals surface area contributed by atoms with E-state index in [0.717, 1.165) is 27.7 Å². The van der Waals surface area contributed by atoms with Gasteiger partial charge in [0.1, 0.15) is 11.4 Å². The van der Waals surface area contributed by atoms with Crippen LogP contribution < -0.4 is 15.6 Å². The number of aromatic amines is 1. The SMILES string of the molecule is COc1ccccc1-c1cc2c(ccn2C)c(C(=O)NCc2c(C)cc(C)[nH]c2=O)n1. The van der Waals surface area contributed by atoms with E-state index in [1.165, 1.54) is 0 Å². The molecule has 3 aromatic heterocycles. The lowest BCUT2D eigenvalue weighted by atomic mass is 10.1. The molecule has 0 fully saturated rings. The Bertz CT molecular complexity index is 1350. The van der Waals surface area contributed by atoms with Crippen LogP contribution in [-0.4, -0.2) is 27.6 Å². The van der Waals surface area contributed by atoms with E-state index in [1.54, 1.807) is 7.11 Å². The number of nitrogens with zero attached hydrogens (tertiary/aromatic N) is 2. The number of hydrogen-bond donors (Lipinski definition) is 2. The number of carbonyl (C=O) groups is 1. The molecule has 0 saturated heterocycles. The first-order chi connectivity index (χ1) is 14.9. The summed E-state index contributed by atoms with van der Waals surface area (Å²) in [5, 5.41) is 3.61. The molecule has 3 heterocycles. The summed E-state index contributed by atoms with van der Waals surface area (Å²) in [5.74, 6) is 0.337. The zero-order chi connectivity index (χ0) is 22.1. The van der Waals surface area contributed by atoms with E-state index in [1.807, 2.05) is 74.1 Å². The first-order valence-corrected chi connectivity index (χ1v) is 9.96. The molecule has 0 aliphatic heterocycles. The minimum atomic E-state index is -0.340. The van der Waals surface area contributed by atoms with Crippen LogP contribution in [0.2, 0.25) is 0 Å². The second kappa shape index (κ2) is 8.10. The maximum absolute atomic E-state index is 13.1. The molecular weight excluding hydrogens is 392 g/mol. The van der Waals surface area contributed by atoms with Gasteiger partial charge in [-0.3, -0.25) is 9.59 Å². The number of aryl methyl sites for hydroxylation is 3. The molecule has 1 aromatic carbocycles. The van der Waals surface area contributed by atoms with E-state index < -0.39 is 0 Å². The minimum Gasteiger partial charge on any atom is -0.496 e. The molecule has 0 spiro atoms. The summed E-state index contributed by atoms with van der Waals surface area (Å²) in [5.41, 5.74) is 4.58. The van der Waals surface area contributed by atoms with E-state index in [9.17, 15) is 9.59 Å². The van der Waals surface area contributed by atoms with Gasteiger partial charge in [0.15, 0.2) is 0 Å². The molecule has 0 radical (unpaired) electrons. The first kappa shape index (κ1) is 20.4. The maximum Gasteiger partial charge on any atom is 0.270 e. The molecule has 4 aromatic rings. The second-order valence-electron chi connectivity index (χ2n) is 7.54. The van der Waals surface area contributed by atoms with Crippen LogP contribution in [0.15, 0.2) is 53.5 Å². The Balaban J connectivity index is 1.75. The normalized spacial score (nSPS) is 11.0. The lowest BCUT2D eigenvalue weighted by Gasteiger charge is -2.12. The Labute approximate surface area is 179 Å². The number of ether oxygens (including phenoxy) is 1. The summed E-state index contributed by atoms with van der Waals surface area (Å²) >= 11 is 0. The summed E-state index contributed by atoms with van der Waals surface area (Å²) in [6, 6.07) is 13.3. The fourth-order valence-corrected chi connectivity index (χ4v) is 3.79. The quantitative estimate of drug-likeness (QED) is 0.521. The zero-order valence-electron chi connectivity index (χ0n) is 17.9. The fraction of sp³-hybridized carbons (Fsp3) is 0.208. The van der Waals surface area contributed by atoms with Crippen molar-refractivity contribution < 1.29 is 9.53 Å². The van der Waals surface area contributed by atoms with Crippen molar-refractivity contribution in [3.63, 3.8) is 0 Å². The minimum absolute atomic E-state index is 0.120. The second-order valence-corrected chi connectivity index (χ2v) is 7.54. The highest BCUT2D eigenvalue weighted by molar-refractivity contribution is 6.05. The van der Waals surface area contributed by atoms with Crippen molar-refractivity contribution in [2.24, 2.45) is 7.05 Å². The number of para-hydroxylation sites is 1. The van der Waals surface area contributed by atoms with Crippen molar-refractivity contribution in [3.05, 3.63) is 81.5 Å². The molecule has 0 aliphatic rings. The molecule has 0 aliphatic carbocycles. The Kier molecular flexibility index (Phi) is 5.33. The lowest BCUT2D eigenvalue weighted by Crippen LogP contribution is -2.28. The highest BCUT2D eigenvalue weighted by Crippen LogP contribution is 2.31. The van der Waals surface area contributed by atoms with Gasteiger partial charge >= 0.3 is 0 Å². The van der Waals surface area contributed by atoms with E-state index in [0.29, 0.717) is 22.7 Å². The van der Waals surface area contributed by atoms with E-state index >= 15 is 0 Å². The smallest absolute Gasteiger partial charge is 0.270 e. The van der Waals surface area contributed by atoms with Crippen LogP contribution >= 0.6 is 0 Å². The summed E-state index contributed by atoms with van der Waals surface area (Å²) in [6.45, 7) is 3.81. The van der Waals surface area contributed by atoms with Gasteiger partial charge in [0, 0.05) is 42.0 Å². The number of pyridine rings is 2. The van der Waals surface area contributed by atoms with Gasteiger partial charge in [-0.1, -0.05) is 12.1 Å². The number of methoxy groups -OCH3 is 1. The van der Waals surface area contributed by atoms with Crippen LogP contribution in [0.4, 0.5) is 0 Å². The number of nitrogens with one attached hydrogen (secondary N) is 2. The molecule has 7 nitrogen and oxygen atoms in total. The molecule has 0 bridgehead atoms. The van der Waals surface area contributed by atoms with Crippen molar-refractivity contribution in [2.45, 2.75) is 20.4 Å². The average molecular weight is 416 g/mol. The van der Waals surface area contributed by atoms with Gasteiger partial charge in [-0.25, -0.2) is 4.98 Å². The van der Waals surface area contributed by atoms with Gasteiger partial charge in [0.2, 0.25) is 0 Å². The van der Waals surface area contributed by atoms with Gasteiger partial charge in [-0.2, -0.15) is 0 Å². The number of benzene rings is 1. The van der Waals surface area contributed by atoms with Gasteiger partial charge in [0.05, 0.1) is 18.3 Å². The largest absolute Gasteiger partial charge is 0.496 e. The number of H-pyrrole nitrogens is 1. The Morgan fingerprint density at radius 2 is 1.97 bits per heavy atom. The number of fused-ring (bicyclic) bond motifs is 1. The fourth-order valence-electron chi connectivity index (χ4n) is 3.79. The van der Waals surface area contributed by atoms with Crippen LogP contribution in [0.1, 0.15) is 27.3 Å². The van der Waals surface area contributed by atoms with Crippen molar-refractivity contribution in [1.29, 1.82) is 0 Å². The van der Waals surface area contributed by atoms with E-state index in [4.69, 9.17) is 4.74 Å². The summed E-state index contributed by atoms with van der Waals surface area (Å²) < 4.78 is 7.43. The van der Waals surface area contributed by atoms with Crippen molar-refractivity contribution in [2.75, 3.05) is 7.11 Å². The third kappa shape index (κ3) is 3.82. The maximum atomic E-state index is 13.1. The number of carbonyl (C=O) groups excluding carboxylic acids is 1. The predicted molar refractivity (Wildman–Crippen MR) is 120 cm³/mol. The molecule has 31 heavy (non-hydrogen) atoms. The molecule has 0 unspecified atom stereocenters. The number of rotatable bonds is 5. The third-order valence-electron chi connectivity index (χ3n) is 5.40. The Hall–Kier alpha value is -3.87. The van der Waals surface area contributed by atoms with E-state index in [2.05, 4.69) is 15.3 Å². The zero-order valence-corrected chi connectivity index (χ0v) is 17.9. The monoisotopic (exact) mass is 416 g/mol. The van der Waals surface area contributed by atoms with Crippen LogP contribution in [-0.2, 0) is 13.6 Å². The molecule has 0 atom stereocenters. The number of hydrogen-bond acceptors (Lipinski definition) is 4. The number of amides is 1.